The Morgan fingerprint density at radius 2 is 1.88 bits per heavy atom. The molecule has 2 aromatic heterocycles. The van der Waals surface area contributed by atoms with E-state index in [0.29, 0.717) is 0 Å². The summed E-state index contributed by atoms with van der Waals surface area (Å²) in [5, 5.41) is 15.4. The maximum Gasteiger partial charge on any atom is 0.420 e. The van der Waals surface area contributed by atoms with E-state index in [9.17, 15) is 31.5 Å². The molecule has 12 heteroatoms. The fraction of sp³-hybridized carbons (Fsp3) is 0.500. The van der Waals surface area contributed by atoms with Crippen molar-refractivity contribution < 1.29 is 36.6 Å². The van der Waals surface area contributed by atoms with Gasteiger partial charge in [0.2, 0.25) is 5.92 Å². The second-order valence-electron chi connectivity index (χ2n) is 7.88. The van der Waals surface area contributed by atoms with Gasteiger partial charge in [-0.1, -0.05) is 0 Å². The number of hydrogen-bond donors (Lipinski definition) is 2. The largest absolute Gasteiger partial charge is 0.477 e. The van der Waals surface area contributed by atoms with Crippen molar-refractivity contribution in [1.82, 2.24) is 14.8 Å². The number of pyridine rings is 1. The summed E-state index contributed by atoms with van der Waals surface area (Å²) in [4.78, 5) is 27.9. The number of carboxylic acids is 1. The van der Waals surface area contributed by atoms with E-state index in [2.05, 4.69) is 15.4 Å². The molecule has 0 bridgehead atoms. The second kappa shape index (κ2) is 8.47. The van der Waals surface area contributed by atoms with Crippen LogP contribution in [0.4, 0.5) is 27.6 Å². The molecule has 0 aromatic carbocycles. The average molecular weight is 460 g/mol. The number of carbonyl (C=O) groups is 2. The van der Waals surface area contributed by atoms with E-state index in [1.54, 1.807) is 0 Å². The zero-order chi connectivity index (χ0) is 23.8. The zero-order valence-corrected chi connectivity index (χ0v) is 17.3. The van der Waals surface area contributed by atoms with Crippen LogP contribution in [0.5, 0.6) is 0 Å². The van der Waals surface area contributed by atoms with Gasteiger partial charge in [-0.3, -0.25) is 9.48 Å². The molecule has 0 atom stereocenters. The molecule has 0 spiro atoms. The highest BCUT2D eigenvalue weighted by molar-refractivity contribution is 6.05. The Balaban J connectivity index is 1.96. The van der Waals surface area contributed by atoms with E-state index in [4.69, 9.17) is 5.11 Å². The van der Waals surface area contributed by atoms with Gasteiger partial charge in [-0.05, 0) is 38.7 Å². The van der Waals surface area contributed by atoms with Crippen LogP contribution < -0.4 is 5.32 Å². The van der Waals surface area contributed by atoms with Crippen LogP contribution in [0.15, 0.2) is 12.3 Å². The Kier molecular flexibility index (Phi) is 6.25. The monoisotopic (exact) mass is 460 g/mol. The molecule has 0 radical (unpaired) electrons. The van der Waals surface area contributed by atoms with Gasteiger partial charge in [-0.25, -0.2) is 18.6 Å². The molecule has 1 saturated carbocycles. The lowest BCUT2D eigenvalue weighted by Gasteiger charge is -2.28. The van der Waals surface area contributed by atoms with Crippen LogP contribution in [0.2, 0.25) is 0 Å². The van der Waals surface area contributed by atoms with E-state index in [1.807, 2.05) is 0 Å². The highest BCUT2D eigenvalue weighted by atomic mass is 19.4. The average Bonchev–Trinajstić information content (AvgIpc) is 3.01. The van der Waals surface area contributed by atoms with Crippen LogP contribution in [0.1, 0.15) is 63.5 Å². The van der Waals surface area contributed by atoms with Gasteiger partial charge in [0, 0.05) is 36.8 Å². The number of aromatic carboxylic acids is 1. The molecule has 0 aliphatic heterocycles. The number of anilines is 1. The molecule has 0 saturated heterocycles. The number of carbonyl (C=O) groups excluding carboxylic acids is 1. The van der Waals surface area contributed by atoms with Crippen molar-refractivity contribution in [3.8, 4) is 0 Å². The van der Waals surface area contributed by atoms with Crippen molar-refractivity contribution in [2.24, 2.45) is 5.92 Å². The van der Waals surface area contributed by atoms with Gasteiger partial charge in [0.05, 0.1) is 5.69 Å². The number of aryl methyl sites for hydroxylation is 1. The molecule has 2 aromatic rings. The standard InChI is InChI=1S/C20H21F5N4O3/c1-10-13(5-8-26-15(10)18(31)32)27-17(30)16-14(20(23,24)25)11(2)28-29(16)9-12-3-6-19(21,22)7-4-12/h5,8,12H,3-4,6-7,9H2,1-2H3,(H,31,32)(H,26,27,30). The predicted molar refractivity (Wildman–Crippen MR) is 103 cm³/mol. The van der Waals surface area contributed by atoms with Crippen molar-refractivity contribution in [2.75, 3.05) is 5.32 Å². The van der Waals surface area contributed by atoms with E-state index in [-0.39, 0.29) is 55.1 Å². The summed E-state index contributed by atoms with van der Waals surface area (Å²) in [6, 6.07) is 1.27. The number of nitrogens with one attached hydrogen (secondary N) is 1. The first-order valence-electron chi connectivity index (χ1n) is 9.83. The number of amides is 1. The van der Waals surface area contributed by atoms with Gasteiger partial charge in [0.1, 0.15) is 11.3 Å². The minimum Gasteiger partial charge on any atom is -0.477 e. The lowest BCUT2D eigenvalue weighted by Crippen LogP contribution is -2.29. The number of nitrogens with zero attached hydrogens (tertiary/aromatic N) is 3. The molecule has 1 aliphatic rings. The number of rotatable bonds is 5. The highest BCUT2D eigenvalue weighted by Crippen LogP contribution is 2.39. The number of hydrogen-bond acceptors (Lipinski definition) is 4. The second-order valence-corrected chi connectivity index (χ2v) is 7.88. The molecule has 1 fully saturated rings. The third-order valence-electron chi connectivity index (χ3n) is 5.55. The lowest BCUT2D eigenvalue weighted by atomic mass is 9.87. The van der Waals surface area contributed by atoms with E-state index in [1.165, 1.54) is 13.0 Å². The number of halogens is 5. The van der Waals surface area contributed by atoms with Crippen molar-refractivity contribution in [3.05, 3.63) is 40.5 Å². The zero-order valence-electron chi connectivity index (χ0n) is 17.3. The van der Waals surface area contributed by atoms with Gasteiger partial charge in [-0.2, -0.15) is 18.3 Å². The Labute approximate surface area is 179 Å². The Morgan fingerprint density at radius 3 is 2.44 bits per heavy atom. The molecule has 7 nitrogen and oxygen atoms in total. The van der Waals surface area contributed by atoms with Crippen LogP contribution in [-0.2, 0) is 12.7 Å². The molecular formula is C20H21F5N4O3. The van der Waals surface area contributed by atoms with Crippen LogP contribution >= 0.6 is 0 Å². The maximum absolute atomic E-state index is 13.7. The minimum absolute atomic E-state index is 0.0155. The minimum atomic E-state index is -4.88. The Hall–Kier alpha value is -3.05. The molecule has 174 valence electrons. The van der Waals surface area contributed by atoms with Crippen molar-refractivity contribution in [1.29, 1.82) is 0 Å². The van der Waals surface area contributed by atoms with Crippen molar-refractivity contribution >= 4 is 17.6 Å². The lowest BCUT2D eigenvalue weighted by molar-refractivity contribution is -0.138. The maximum atomic E-state index is 13.7. The fourth-order valence-corrected chi connectivity index (χ4v) is 3.88. The summed E-state index contributed by atoms with van der Waals surface area (Å²) in [5.41, 5.74) is -2.69. The molecule has 3 rings (SSSR count). The van der Waals surface area contributed by atoms with Crippen LogP contribution in [0.25, 0.3) is 0 Å². The summed E-state index contributed by atoms with van der Waals surface area (Å²) in [5.74, 6) is -5.65. The van der Waals surface area contributed by atoms with Crippen LogP contribution in [-0.4, -0.2) is 37.7 Å². The molecule has 2 heterocycles. The normalized spacial score (nSPS) is 16.7. The summed E-state index contributed by atoms with van der Waals surface area (Å²) in [7, 11) is 0. The molecule has 2 N–H and O–H groups in total. The number of aromatic nitrogens is 3. The SMILES string of the molecule is Cc1nn(CC2CCC(F)(F)CC2)c(C(=O)Nc2ccnc(C(=O)O)c2C)c1C(F)(F)F. The van der Waals surface area contributed by atoms with Gasteiger partial charge in [-0.15, -0.1) is 0 Å². The Bertz CT molecular complexity index is 1040. The van der Waals surface area contributed by atoms with Crippen molar-refractivity contribution in [3.63, 3.8) is 0 Å². The summed E-state index contributed by atoms with van der Waals surface area (Å²) < 4.78 is 69.0. The Morgan fingerprint density at radius 1 is 1.25 bits per heavy atom. The quantitative estimate of drug-likeness (QED) is 0.631. The number of alkyl halides is 5. The van der Waals surface area contributed by atoms with E-state index in [0.717, 1.165) is 17.8 Å². The van der Waals surface area contributed by atoms with Gasteiger partial charge < -0.3 is 10.4 Å². The van der Waals surface area contributed by atoms with Gasteiger partial charge >= 0.3 is 12.1 Å². The first kappa shape index (κ1) is 23.6. The third kappa shape index (κ3) is 4.89. The first-order chi connectivity index (χ1) is 14.8. The molecular weight excluding hydrogens is 439 g/mol. The summed E-state index contributed by atoms with van der Waals surface area (Å²) in [6.07, 6.45) is -4.32. The van der Waals surface area contributed by atoms with Crippen LogP contribution in [0.3, 0.4) is 0 Å². The molecule has 32 heavy (non-hydrogen) atoms. The molecule has 1 amide bonds. The summed E-state index contributed by atoms with van der Waals surface area (Å²) >= 11 is 0. The molecule has 1 aliphatic carbocycles. The van der Waals surface area contributed by atoms with Crippen LogP contribution in [0, 0.1) is 19.8 Å². The fourth-order valence-electron chi connectivity index (χ4n) is 3.88. The smallest absolute Gasteiger partial charge is 0.420 e. The topological polar surface area (TPSA) is 97.1 Å². The highest BCUT2D eigenvalue weighted by Gasteiger charge is 2.42. The summed E-state index contributed by atoms with van der Waals surface area (Å²) in [6.45, 7) is 2.36. The predicted octanol–water partition coefficient (Wildman–Crippen LogP) is 4.69. The van der Waals surface area contributed by atoms with Gasteiger partial charge in [0.25, 0.3) is 5.91 Å². The van der Waals surface area contributed by atoms with Gasteiger partial charge in [0.15, 0.2) is 5.69 Å². The third-order valence-corrected chi connectivity index (χ3v) is 5.55. The molecule has 0 unspecified atom stereocenters. The van der Waals surface area contributed by atoms with E-state index >= 15 is 0 Å². The number of carboxylic acid groups (broad SMARTS) is 1. The van der Waals surface area contributed by atoms with Crippen molar-refractivity contribution in [2.45, 2.75) is 58.2 Å². The first-order valence-corrected chi connectivity index (χ1v) is 9.83. The van der Waals surface area contributed by atoms with E-state index < -0.39 is 40.9 Å².